The zero-order valence-corrected chi connectivity index (χ0v) is 11.6. The zero-order chi connectivity index (χ0) is 13.7. The Balaban J connectivity index is 2.03. The van der Waals surface area contributed by atoms with Crippen molar-refractivity contribution in [1.82, 2.24) is 4.98 Å². The van der Waals surface area contributed by atoms with E-state index in [0.717, 1.165) is 17.7 Å². The minimum absolute atomic E-state index is 0.575. The number of benzene rings is 1. The van der Waals surface area contributed by atoms with Crippen LogP contribution in [0.4, 0.5) is 0 Å². The van der Waals surface area contributed by atoms with Crippen molar-refractivity contribution in [3.05, 3.63) is 65.5 Å². The van der Waals surface area contributed by atoms with Crippen LogP contribution in [0.15, 0.2) is 48.7 Å². The van der Waals surface area contributed by atoms with Gasteiger partial charge in [0.25, 0.3) is 0 Å². The third-order valence-corrected chi connectivity index (χ3v) is 3.28. The maximum Gasteiger partial charge on any atom is 0.0715 e. The van der Waals surface area contributed by atoms with E-state index >= 15 is 0 Å². The first-order chi connectivity index (χ1) is 9.09. The number of aryl methyl sites for hydroxylation is 1. The summed E-state index contributed by atoms with van der Waals surface area (Å²) in [5.74, 6) is 0. The first-order valence-electron chi connectivity index (χ1n) is 6.79. The SMILES string of the molecule is CCc1ccc(CC(C)(O)Cc2ccccc2)nc1. The molecular formula is C17H21NO. The van der Waals surface area contributed by atoms with Crippen LogP contribution in [0, 0.1) is 0 Å². The molecule has 0 aliphatic rings. The molecule has 0 spiro atoms. The van der Waals surface area contributed by atoms with Crippen LogP contribution in [0.25, 0.3) is 0 Å². The van der Waals surface area contributed by atoms with Crippen LogP contribution in [-0.4, -0.2) is 15.7 Å². The summed E-state index contributed by atoms with van der Waals surface area (Å²) in [6.45, 7) is 3.98. The normalized spacial score (nSPS) is 14.1. The van der Waals surface area contributed by atoms with Crippen LogP contribution in [0.2, 0.25) is 0 Å². The molecule has 0 saturated heterocycles. The number of rotatable bonds is 5. The van der Waals surface area contributed by atoms with Crippen LogP contribution in [-0.2, 0) is 19.3 Å². The molecule has 0 fully saturated rings. The highest BCUT2D eigenvalue weighted by Gasteiger charge is 2.22. The van der Waals surface area contributed by atoms with E-state index in [4.69, 9.17) is 0 Å². The van der Waals surface area contributed by atoms with Gasteiger partial charge < -0.3 is 5.11 Å². The average molecular weight is 255 g/mol. The largest absolute Gasteiger partial charge is 0.389 e. The van der Waals surface area contributed by atoms with E-state index in [1.807, 2.05) is 49.5 Å². The van der Waals surface area contributed by atoms with Crippen molar-refractivity contribution < 1.29 is 5.11 Å². The van der Waals surface area contributed by atoms with Crippen molar-refractivity contribution in [2.75, 3.05) is 0 Å². The van der Waals surface area contributed by atoms with Crippen LogP contribution in [0.3, 0.4) is 0 Å². The number of nitrogens with zero attached hydrogens (tertiary/aromatic N) is 1. The second-order valence-corrected chi connectivity index (χ2v) is 5.35. The fourth-order valence-electron chi connectivity index (χ4n) is 2.26. The molecule has 1 aromatic carbocycles. The quantitative estimate of drug-likeness (QED) is 0.890. The fraction of sp³-hybridized carbons (Fsp3) is 0.353. The molecule has 2 rings (SSSR count). The van der Waals surface area contributed by atoms with E-state index in [1.165, 1.54) is 5.56 Å². The van der Waals surface area contributed by atoms with Gasteiger partial charge in [0.05, 0.1) is 5.60 Å². The van der Waals surface area contributed by atoms with E-state index in [9.17, 15) is 5.11 Å². The van der Waals surface area contributed by atoms with Crippen molar-refractivity contribution >= 4 is 0 Å². The first kappa shape index (κ1) is 13.8. The van der Waals surface area contributed by atoms with Crippen LogP contribution in [0.5, 0.6) is 0 Å². The lowest BCUT2D eigenvalue weighted by Gasteiger charge is -2.23. The molecule has 0 amide bonds. The molecule has 0 bridgehead atoms. The van der Waals surface area contributed by atoms with Gasteiger partial charge in [-0.2, -0.15) is 0 Å². The lowest BCUT2D eigenvalue weighted by atomic mass is 9.91. The molecule has 0 saturated carbocycles. The van der Waals surface area contributed by atoms with Gasteiger partial charge in [-0.05, 0) is 30.5 Å². The summed E-state index contributed by atoms with van der Waals surface area (Å²) in [4.78, 5) is 4.42. The van der Waals surface area contributed by atoms with Crippen molar-refractivity contribution in [3.63, 3.8) is 0 Å². The van der Waals surface area contributed by atoms with E-state index in [-0.39, 0.29) is 0 Å². The van der Waals surface area contributed by atoms with Gasteiger partial charge in [0, 0.05) is 24.7 Å². The summed E-state index contributed by atoms with van der Waals surface area (Å²) in [6, 6.07) is 14.2. The molecule has 2 nitrogen and oxygen atoms in total. The lowest BCUT2D eigenvalue weighted by Crippen LogP contribution is -2.30. The fourth-order valence-corrected chi connectivity index (χ4v) is 2.26. The smallest absolute Gasteiger partial charge is 0.0715 e. The standard InChI is InChI=1S/C17H21NO/c1-3-14-9-10-16(18-13-14)12-17(2,19)11-15-7-5-4-6-8-15/h4-10,13,19H,3,11-12H2,1-2H3. The van der Waals surface area contributed by atoms with Gasteiger partial charge in [0.2, 0.25) is 0 Å². The first-order valence-corrected chi connectivity index (χ1v) is 6.79. The second-order valence-electron chi connectivity index (χ2n) is 5.35. The molecule has 1 heterocycles. The Hall–Kier alpha value is -1.67. The Morgan fingerprint density at radius 3 is 2.32 bits per heavy atom. The molecule has 1 unspecified atom stereocenters. The van der Waals surface area contributed by atoms with Gasteiger partial charge in [-0.3, -0.25) is 4.98 Å². The number of hydrogen-bond acceptors (Lipinski definition) is 2. The molecular weight excluding hydrogens is 234 g/mol. The van der Waals surface area contributed by atoms with Crippen molar-refractivity contribution in [2.24, 2.45) is 0 Å². The Morgan fingerprint density at radius 2 is 1.74 bits per heavy atom. The summed E-state index contributed by atoms with van der Waals surface area (Å²) in [7, 11) is 0. The Bertz CT molecular complexity index is 503. The second kappa shape index (κ2) is 5.98. The minimum Gasteiger partial charge on any atom is -0.389 e. The van der Waals surface area contributed by atoms with Crippen LogP contribution < -0.4 is 0 Å². The van der Waals surface area contributed by atoms with Gasteiger partial charge in [-0.25, -0.2) is 0 Å². The van der Waals surface area contributed by atoms with Crippen LogP contribution >= 0.6 is 0 Å². The highest BCUT2D eigenvalue weighted by molar-refractivity contribution is 5.19. The summed E-state index contributed by atoms with van der Waals surface area (Å²) in [6.07, 6.45) is 4.11. The van der Waals surface area contributed by atoms with Crippen molar-refractivity contribution in [1.29, 1.82) is 0 Å². The molecule has 1 atom stereocenters. The van der Waals surface area contributed by atoms with E-state index in [2.05, 4.69) is 18.0 Å². The predicted octanol–water partition coefficient (Wildman–Crippen LogP) is 3.18. The van der Waals surface area contributed by atoms with Gasteiger partial charge in [-0.15, -0.1) is 0 Å². The van der Waals surface area contributed by atoms with Gasteiger partial charge >= 0.3 is 0 Å². The number of pyridine rings is 1. The number of hydrogen-bond donors (Lipinski definition) is 1. The van der Waals surface area contributed by atoms with Gasteiger partial charge in [0.15, 0.2) is 0 Å². The van der Waals surface area contributed by atoms with E-state index < -0.39 is 5.60 Å². The third-order valence-electron chi connectivity index (χ3n) is 3.28. The minimum atomic E-state index is -0.762. The lowest BCUT2D eigenvalue weighted by molar-refractivity contribution is 0.0598. The van der Waals surface area contributed by atoms with Crippen molar-refractivity contribution in [3.8, 4) is 0 Å². The molecule has 1 N–H and O–H groups in total. The monoisotopic (exact) mass is 255 g/mol. The summed E-state index contributed by atoms with van der Waals surface area (Å²) in [5.41, 5.74) is 2.56. The van der Waals surface area contributed by atoms with Gasteiger partial charge in [-0.1, -0.05) is 43.3 Å². The highest BCUT2D eigenvalue weighted by Crippen LogP contribution is 2.18. The van der Waals surface area contributed by atoms with Crippen LogP contribution in [0.1, 0.15) is 30.7 Å². The topological polar surface area (TPSA) is 33.1 Å². The average Bonchev–Trinajstić information content (AvgIpc) is 2.39. The van der Waals surface area contributed by atoms with E-state index in [1.54, 1.807) is 0 Å². The molecule has 100 valence electrons. The molecule has 19 heavy (non-hydrogen) atoms. The molecule has 2 aromatic rings. The Labute approximate surface area is 115 Å². The van der Waals surface area contributed by atoms with Crippen molar-refractivity contribution in [2.45, 2.75) is 38.7 Å². The maximum absolute atomic E-state index is 10.5. The molecule has 0 radical (unpaired) electrons. The highest BCUT2D eigenvalue weighted by atomic mass is 16.3. The predicted molar refractivity (Wildman–Crippen MR) is 78.1 cm³/mol. The summed E-state index contributed by atoms with van der Waals surface area (Å²) in [5, 5.41) is 10.5. The van der Waals surface area contributed by atoms with Gasteiger partial charge in [0.1, 0.15) is 0 Å². The molecule has 1 aromatic heterocycles. The third kappa shape index (κ3) is 4.18. The summed E-state index contributed by atoms with van der Waals surface area (Å²) < 4.78 is 0. The molecule has 0 aliphatic carbocycles. The summed E-state index contributed by atoms with van der Waals surface area (Å²) >= 11 is 0. The Kier molecular flexibility index (Phi) is 4.33. The zero-order valence-electron chi connectivity index (χ0n) is 11.6. The van der Waals surface area contributed by atoms with E-state index in [0.29, 0.717) is 12.8 Å². The number of aromatic nitrogens is 1. The molecule has 2 heteroatoms. The maximum atomic E-state index is 10.5. The Morgan fingerprint density at radius 1 is 1.00 bits per heavy atom. The number of aliphatic hydroxyl groups is 1. The molecule has 0 aliphatic heterocycles.